The number of benzene rings is 1. The van der Waals surface area contributed by atoms with Crippen LogP contribution in [0.2, 0.25) is 0 Å². The highest BCUT2D eigenvalue weighted by Crippen LogP contribution is 2.31. The Hall–Kier alpha value is -1.93. The van der Waals surface area contributed by atoms with Gasteiger partial charge in [-0.3, -0.25) is 9.98 Å². The van der Waals surface area contributed by atoms with E-state index in [1.165, 1.54) is 6.21 Å². The second kappa shape index (κ2) is 4.29. The van der Waals surface area contributed by atoms with Crippen LogP contribution < -0.4 is 16.3 Å². The molecule has 20 heavy (non-hydrogen) atoms. The van der Waals surface area contributed by atoms with E-state index in [1.54, 1.807) is 0 Å². The second-order valence-corrected chi connectivity index (χ2v) is 6.73. The van der Waals surface area contributed by atoms with E-state index in [-0.39, 0.29) is 45.0 Å². The molecule has 0 fully saturated rings. The first-order valence-electron chi connectivity index (χ1n) is 6.19. The van der Waals surface area contributed by atoms with Crippen molar-refractivity contribution in [1.82, 2.24) is 0 Å². The van der Waals surface area contributed by atoms with E-state index in [9.17, 15) is 18.6 Å². The smallest absolute Gasteiger partial charge is 0.186 e. The number of quaternary nitrogens is 1. The number of aliphatic imine (C=N–C) groups is 1. The molecule has 7 nitrogen and oxygen atoms in total. The molecule has 3 rings (SSSR count). The van der Waals surface area contributed by atoms with Crippen LogP contribution in [-0.2, 0) is 9.84 Å². The Morgan fingerprint density at radius 1 is 1.30 bits per heavy atom. The summed E-state index contributed by atoms with van der Waals surface area (Å²) in [5.74, 6) is -0.819. The number of nitrogens with zero attached hydrogens (tertiary/aromatic N) is 2. The van der Waals surface area contributed by atoms with Crippen LogP contribution in [-0.4, -0.2) is 43.7 Å². The summed E-state index contributed by atoms with van der Waals surface area (Å²) in [4.78, 5) is 7.79. The quantitative estimate of drug-likeness (QED) is 0.546. The lowest BCUT2D eigenvalue weighted by atomic mass is 10.1. The van der Waals surface area contributed by atoms with Crippen molar-refractivity contribution < 1.29 is 24.4 Å². The van der Waals surface area contributed by atoms with Crippen molar-refractivity contribution in [2.75, 3.05) is 18.8 Å². The fourth-order valence-electron chi connectivity index (χ4n) is 2.51. The molecular weight excluding hydrogens is 282 g/mol. The van der Waals surface area contributed by atoms with Crippen molar-refractivity contribution >= 4 is 27.3 Å². The zero-order chi connectivity index (χ0) is 14.5. The van der Waals surface area contributed by atoms with Gasteiger partial charge in [0.15, 0.2) is 15.6 Å². The van der Waals surface area contributed by atoms with E-state index in [0.29, 0.717) is 18.5 Å². The summed E-state index contributed by atoms with van der Waals surface area (Å²) in [5.41, 5.74) is 4.59. The third-order valence-electron chi connectivity index (χ3n) is 3.41. The summed E-state index contributed by atoms with van der Waals surface area (Å²) >= 11 is 0. The van der Waals surface area contributed by atoms with Crippen LogP contribution >= 0.6 is 0 Å². The lowest BCUT2D eigenvalue weighted by Gasteiger charge is -2.13. The summed E-state index contributed by atoms with van der Waals surface area (Å²) in [5, 5.41) is 20.7. The third kappa shape index (κ3) is 1.65. The molecule has 0 saturated heterocycles. The average Bonchev–Trinajstić information content (AvgIpc) is 2.79. The van der Waals surface area contributed by atoms with E-state index in [2.05, 4.69) is 15.7 Å². The van der Waals surface area contributed by atoms with Crippen molar-refractivity contribution in [2.24, 2.45) is 9.98 Å². The first-order valence-corrected chi connectivity index (χ1v) is 7.84. The SMILES string of the molecule is [NH3+]CCC1=c2c(O)c3c(c(O)c2N=C1)=NCCS3(=O)=O. The number of hydrogen-bond acceptors (Lipinski definition) is 6. The molecule has 0 bridgehead atoms. The van der Waals surface area contributed by atoms with Crippen molar-refractivity contribution in [3.63, 3.8) is 0 Å². The summed E-state index contributed by atoms with van der Waals surface area (Å²) in [6.07, 6.45) is 2.06. The van der Waals surface area contributed by atoms with E-state index < -0.39 is 9.84 Å². The zero-order valence-electron chi connectivity index (χ0n) is 10.6. The number of rotatable bonds is 2. The molecule has 0 spiro atoms. The van der Waals surface area contributed by atoms with Crippen LogP contribution in [0.15, 0.2) is 14.9 Å². The number of fused-ring (bicyclic) bond motifs is 2. The van der Waals surface area contributed by atoms with Crippen molar-refractivity contribution in [2.45, 2.75) is 11.3 Å². The number of phenolic OH excluding ortho intramolecular Hbond substituents is 2. The minimum Gasteiger partial charge on any atom is -0.506 e. The van der Waals surface area contributed by atoms with E-state index in [1.807, 2.05) is 0 Å². The van der Waals surface area contributed by atoms with Gasteiger partial charge in [-0.2, -0.15) is 0 Å². The second-order valence-electron chi connectivity index (χ2n) is 4.69. The summed E-state index contributed by atoms with van der Waals surface area (Å²) in [6.45, 7) is 0.648. The Balaban J connectivity index is 2.52. The lowest BCUT2D eigenvalue weighted by molar-refractivity contribution is -0.365. The van der Waals surface area contributed by atoms with Gasteiger partial charge in [0.05, 0.1) is 24.1 Å². The molecule has 0 saturated carbocycles. The van der Waals surface area contributed by atoms with Gasteiger partial charge >= 0.3 is 0 Å². The maximum absolute atomic E-state index is 12.1. The third-order valence-corrected chi connectivity index (χ3v) is 5.14. The molecule has 1 aromatic carbocycles. The predicted molar refractivity (Wildman–Crippen MR) is 71.4 cm³/mol. The Labute approximate surface area is 114 Å². The largest absolute Gasteiger partial charge is 0.506 e. The van der Waals surface area contributed by atoms with Crippen LogP contribution in [0, 0.1) is 0 Å². The zero-order valence-corrected chi connectivity index (χ0v) is 11.4. The molecule has 8 heteroatoms. The van der Waals surface area contributed by atoms with Gasteiger partial charge in [-0.15, -0.1) is 0 Å². The van der Waals surface area contributed by atoms with Gasteiger partial charge in [0.1, 0.15) is 21.7 Å². The highest BCUT2D eigenvalue weighted by molar-refractivity contribution is 7.91. The Bertz CT molecular complexity index is 856. The molecule has 0 atom stereocenters. The Morgan fingerprint density at radius 2 is 2.05 bits per heavy atom. The number of phenols is 2. The summed E-state index contributed by atoms with van der Waals surface area (Å²) in [7, 11) is -3.64. The highest BCUT2D eigenvalue weighted by Gasteiger charge is 2.31. The summed E-state index contributed by atoms with van der Waals surface area (Å²) < 4.78 is 24.2. The maximum atomic E-state index is 12.1. The molecule has 0 unspecified atom stereocenters. The van der Waals surface area contributed by atoms with Gasteiger partial charge in [-0.25, -0.2) is 8.42 Å². The highest BCUT2D eigenvalue weighted by atomic mass is 32.2. The lowest BCUT2D eigenvalue weighted by Crippen LogP contribution is -2.50. The normalized spacial score (nSPS) is 18.6. The molecule has 0 radical (unpaired) electrons. The van der Waals surface area contributed by atoms with Crippen LogP contribution in [0.3, 0.4) is 0 Å². The molecule has 2 heterocycles. The van der Waals surface area contributed by atoms with Crippen LogP contribution in [0.5, 0.6) is 11.5 Å². The van der Waals surface area contributed by atoms with Gasteiger partial charge < -0.3 is 15.9 Å². The number of hydrogen-bond donors (Lipinski definition) is 3. The van der Waals surface area contributed by atoms with Gasteiger partial charge in [-0.05, 0) is 5.57 Å². The van der Waals surface area contributed by atoms with Gasteiger partial charge in [0, 0.05) is 12.6 Å². The summed E-state index contributed by atoms with van der Waals surface area (Å²) in [6, 6.07) is 0. The van der Waals surface area contributed by atoms with Crippen molar-refractivity contribution in [3.8, 4) is 11.5 Å². The van der Waals surface area contributed by atoms with Gasteiger partial charge in [-0.1, -0.05) is 0 Å². The Kier molecular flexibility index (Phi) is 2.80. The van der Waals surface area contributed by atoms with E-state index >= 15 is 0 Å². The van der Waals surface area contributed by atoms with Crippen LogP contribution in [0.1, 0.15) is 6.42 Å². The van der Waals surface area contributed by atoms with Gasteiger partial charge in [0.25, 0.3) is 0 Å². The monoisotopic (exact) mass is 296 g/mol. The number of sulfone groups is 1. The maximum Gasteiger partial charge on any atom is 0.186 e. The molecule has 0 aliphatic carbocycles. The minimum absolute atomic E-state index is 0.0697. The van der Waals surface area contributed by atoms with E-state index in [4.69, 9.17) is 0 Å². The molecule has 0 amide bonds. The van der Waals surface area contributed by atoms with Crippen LogP contribution in [0.25, 0.3) is 5.57 Å². The molecule has 2 aliphatic rings. The fraction of sp³-hybridized carbons (Fsp3) is 0.333. The standard InChI is InChI=1S/C12H13N3O4S/c13-2-1-6-5-15-8-7(6)10(16)12-9(11(8)17)14-3-4-20(12,18)19/h5,16-17H,1-4,13H2/p+1. The average molecular weight is 296 g/mol. The van der Waals surface area contributed by atoms with Crippen molar-refractivity contribution in [1.29, 1.82) is 0 Å². The van der Waals surface area contributed by atoms with E-state index in [0.717, 1.165) is 0 Å². The Morgan fingerprint density at radius 3 is 2.75 bits per heavy atom. The van der Waals surface area contributed by atoms with Crippen molar-refractivity contribution in [3.05, 3.63) is 10.6 Å². The minimum atomic E-state index is -3.64. The fourth-order valence-corrected chi connectivity index (χ4v) is 3.90. The molecule has 106 valence electrons. The van der Waals surface area contributed by atoms with Crippen LogP contribution in [0.4, 0.5) is 5.69 Å². The topological polar surface area (TPSA) is 127 Å². The first kappa shape index (κ1) is 13.1. The molecule has 0 aromatic heterocycles. The molecule has 5 N–H and O–H groups in total. The van der Waals surface area contributed by atoms with Gasteiger partial charge in [0.2, 0.25) is 0 Å². The molecular formula is C12H14N3O4S+. The predicted octanol–water partition coefficient (Wildman–Crippen LogP) is -2.00. The molecule has 1 aromatic rings. The first-order chi connectivity index (χ1) is 9.47. The molecule has 2 aliphatic heterocycles. The number of aromatic hydroxyl groups is 2.